The van der Waals surface area contributed by atoms with Crippen LogP contribution in [0.2, 0.25) is 0 Å². The second kappa shape index (κ2) is 13.5. The molecule has 0 aliphatic carbocycles. The van der Waals surface area contributed by atoms with E-state index in [9.17, 15) is 20.1 Å². The second-order valence-electron chi connectivity index (χ2n) is 7.04. The Bertz CT molecular complexity index is 349. The van der Waals surface area contributed by atoms with Gasteiger partial charge in [-0.2, -0.15) is 0 Å². The summed E-state index contributed by atoms with van der Waals surface area (Å²) >= 11 is 0. The average molecular weight is 360 g/mol. The summed E-state index contributed by atoms with van der Waals surface area (Å²) in [4.78, 5) is 11.7. The lowest BCUT2D eigenvalue weighted by Gasteiger charge is -2.34. The number of aliphatic hydroxyl groups is 3. The van der Waals surface area contributed by atoms with Crippen molar-refractivity contribution in [3.05, 3.63) is 0 Å². The molecule has 25 heavy (non-hydrogen) atoms. The highest BCUT2D eigenvalue weighted by Gasteiger charge is 2.38. The van der Waals surface area contributed by atoms with Crippen LogP contribution in [-0.4, -0.2) is 58.9 Å². The average Bonchev–Trinajstić information content (AvgIpc) is 2.60. The highest BCUT2D eigenvalue weighted by atomic mass is 16.6. The van der Waals surface area contributed by atoms with Crippen LogP contribution in [0.1, 0.15) is 77.6 Å². The van der Waals surface area contributed by atoms with E-state index in [1.807, 2.05) is 0 Å². The summed E-state index contributed by atoms with van der Waals surface area (Å²) in [7, 11) is 0. The molecule has 6 heteroatoms. The molecular weight excluding hydrogens is 324 g/mol. The monoisotopic (exact) mass is 360 g/mol. The van der Waals surface area contributed by atoms with Crippen LogP contribution < -0.4 is 0 Å². The highest BCUT2D eigenvalue weighted by molar-refractivity contribution is 5.69. The number of aliphatic hydroxyl groups excluding tert-OH is 3. The molecule has 0 unspecified atom stereocenters. The van der Waals surface area contributed by atoms with E-state index in [0.29, 0.717) is 6.42 Å². The van der Waals surface area contributed by atoms with Crippen LogP contribution in [0.15, 0.2) is 0 Å². The van der Waals surface area contributed by atoms with Crippen molar-refractivity contribution in [1.82, 2.24) is 0 Å². The van der Waals surface area contributed by atoms with E-state index in [4.69, 9.17) is 9.47 Å². The molecule has 4 atom stereocenters. The van der Waals surface area contributed by atoms with Gasteiger partial charge in [0.1, 0.15) is 31.0 Å². The fraction of sp³-hybridized carbons (Fsp3) is 0.947. The van der Waals surface area contributed by atoms with Crippen molar-refractivity contribution >= 4 is 5.97 Å². The van der Waals surface area contributed by atoms with Gasteiger partial charge in [-0.1, -0.05) is 64.7 Å². The maximum absolute atomic E-state index is 11.7. The lowest BCUT2D eigenvalue weighted by atomic mass is 10.0. The number of esters is 1. The Hall–Kier alpha value is -0.690. The lowest BCUT2D eigenvalue weighted by Crippen LogP contribution is -2.54. The Kier molecular flexibility index (Phi) is 12.1. The van der Waals surface area contributed by atoms with Gasteiger partial charge in [0, 0.05) is 6.42 Å². The normalized spacial score (nSPS) is 26.6. The Morgan fingerprint density at radius 1 is 0.920 bits per heavy atom. The van der Waals surface area contributed by atoms with E-state index in [1.165, 1.54) is 44.9 Å². The molecule has 0 aromatic rings. The van der Waals surface area contributed by atoms with E-state index in [-0.39, 0.29) is 19.2 Å². The molecule has 1 fully saturated rings. The van der Waals surface area contributed by atoms with E-state index in [2.05, 4.69) is 6.92 Å². The number of rotatable bonds is 13. The molecule has 6 nitrogen and oxygen atoms in total. The van der Waals surface area contributed by atoms with Crippen molar-refractivity contribution < 1.29 is 29.6 Å². The van der Waals surface area contributed by atoms with Gasteiger partial charge in [-0.15, -0.1) is 0 Å². The maximum Gasteiger partial charge on any atom is 0.305 e. The summed E-state index contributed by atoms with van der Waals surface area (Å²) in [5, 5.41) is 28.7. The van der Waals surface area contributed by atoms with Crippen LogP contribution in [0.4, 0.5) is 0 Å². The largest absolute Gasteiger partial charge is 0.463 e. The molecular formula is C19H36O6. The highest BCUT2D eigenvalue weighted by Crippen LogP contribution is 2.16. The molecule has 0 amide bonds. The third-order valence-corrected chi connectivity index (χ3v) is 4.75. The maximum atomic E-state index is 11.7. The first-order valence-corrected chi connectivity index (χ1v) is 9.87. The molecule has 0 aromatic carbocycles. The molecule has 3 N–H and O–H groups in total. The summed E-state index contributed by atoms with van der Waals surface area (Å²) in [6.45, 7) is 2.06. The number of carbonyl (C=O) groups excluding carboxylic acids is 1. The van der Waals surface area contributed by atoms with Crippen molar-refractivity contribution in [2.75, 3.05) is 13.2 Å². The second-order valence-corrected chi connectivity index (χ2v) is 7.04. The quantitative estimate of drug-likeness (QED) is 0.345. The van der Waals surface area contributed by atoms with Crippen molar-refractivity contribution in [3.63, 3.8) is 0 Å². The summed E-state index contributed by atoms with van der Waals surface area (Å²) in [5.74, 6) is -0.309. The molecule has 1 aliphatic rings. The molecule has 1 saturated heterocycles. The summed E-state index contributed by atoms with van der Waals surface area (Å²) < 4.78 is 10.3. The molecule has 1 aliphatic heterocycles. The Labute approximate surface area is 151 Å². The third kappa shape index (κ3) is 9.54. The summed E-state index contributed by atoms with van der Waals surface area (Å²) in [6, 6.07) is 0. The van der Waals surface area contributed by atoms with Gasteiger partial charge in [-0.05, 0) is 6.42 Å². The minimum Gasteiger partial charge on any atom is -0.463 e. The first-order chi connectivity index (χ1) is 12.1. The van der Waals surface area contributed by atoms with Gasteiger partial charge in [0.2, 0.25) is 0 Å². The van der Waals surface area contributed by atoms with Crippen molar-refractivity contribution in [2.45, 2.75) is 102 Å². The Morgan fingerprint density at radius 2 is 1.48 bits per heavy atom. The predicted octanol–water partition coefficient (Wildman–Crippen LogP) is 2.32. The Morgan fingerprint density at radius 3 is 2.08 bits per heavy atom. The van der Waals surface area contributed by atoms with E-state index < -0.39 is 24.4 Å². The van der Waals surface area contributed by atoms with Gasteiger partial charge in [-0.3, -0.25) is 4.79 Å². The fourth-order valence-corrected chi connectivity index (χ4v) is 3.02. The van der Waals surface area contributed by atoms with E-state index in [0.717, 1.165) is 19.3 Å². The van der Waals surface area contributed by atoms with E-state index in [1.54, 1.807) is 0 Å². The smallest absolute Gasteiger partial charge is 0.305 e. The van der Waals surface area contributed by atoms with Gasteiger partial charge in [0.25, 0.3) is 0 Å². The van der Waals surface area contributed by atoms with Crippen LogP contribution >= 0.6 is 0 Å². The number of hydrogen-bond acceptors (Lipinski definition) is 6. The number of unbranched alkanes of at least 4 members (excludes halogenated alkanes) is 9. The zero-order valence-corrected chi connectivity index (χ0v) is 15.6. The molecule has 0 aromatic heterocycles. The molecule has 148 valence electrons. The van der Waals surface area contributed by atoms with E-state index >= 15 is 0 Å². The van der Waals surface area contributed by atoms with Gasteiger partial charge in [0.15, 0.2) is 0 Å². The summed E-state index contributed by atoms with van der Waals surface area (Å²) in [5.41, 5.74) is 0. The molecule has 0 radical (unpaired) electrons. The van der Waals surface area contributed by atoms with Crippen LogP contribution in [0.3, 0.4) is 0 Å². The number of hydrogen-bond donors (Lipinski definition) is 3. The van der Waals surface area contributed by atoms with Crippen LogP contribution in [0, 0.1) is 0 Å². The molecule has 1 rings (SSSR count). The molecule has 1 heterocycles. The van der Waals surface area contributed by atoms with Crippen molar-refractivity contribution in [3.8, 4) is 0 Å². The van der Waals surface area contributed by atoms with Crippen LogP contribution in [-0.2, 0) is 14.3 Å². The SMILES string of the molecule is CCCCCCCCCCCCC(=O)OC[C@H]1OC[C@@H](O)[C@@H](O)[C@@H]1O. The van der Waals surface area contributed by atoms with Crippen LogP contribution in [0.5, 0.6) is 0 Å². The standard InChI is InChI=1S/C19H36O6/c1-2-3-4-5-6-7-8-9-10-11-12-17(21)25-14-16-19(23)18(22)15(20)13-24-16/h15-16,18-20,22-23H,2-14H2,1H3/t15-,16-,18-,19-/m1/s1. The molecule has 0 saturated carbocycles. The first-order valence-electron chi connectivity index (χ1n) is 9.87. The minimum absolute atomic E-state index is 0.0705. The summed E-state index contributed by atoms with van der Waals surface area (Å²) in [6.07, 6.45) is 8.07. The van der Waals surface area contributed by atoms with Crippen molar-refractivity contribution in [2.24, 2.45) is 0 Å². The Balaban J connectivity index is 1.95. The van der Waals surface area contributed by atoms with Gasteiger partial charge < -0.3 is 24.8 Å². The fourth-order valence-electron chi connectivity index (χ4n) is 3.02. The minimum atomic E-state index is -1.26. The predicted molar refractivity (Wildman–Crippen MR) is 95.2 cm³/mol. The number of ether oxygens (including phenoxy) is 2. The van der Waals surface area contributed by atoms with Crippen molar-refractivity contribution in [1.29, 1.82) is 0 Å². The van der Waals surface area contributed by atoms with Gasteiger partial charge >= 0.3 is 5.97 Å². The molecule has 0 spiro atoms. The van der Waals surface area contributed by atoms with Gasteiger partial charge in [-0.25, -0.2) is 0 Å². The first kappa shape index (κ1) is 22.4. The lowest BCUT2D eigenvalue weighted by molar-refractivity contribution is -0.201. The van der Waals surface area contributed by atoms with Crippen LogP contribution in [0.25, 0.3) is 0 Å². The molecule has 0 bridgehead atoms. The van der Waals surface area contributed by atoms with Gasteiger partial charge in [0.05, 0.1) is 6.61 Å². The zero-order valence-electron chi connectivity index (χ0n) is 15.6. The zero-order chi connectivity index (χ0) is 18.5. The number of carbonyl (C=O) groups is 1. The topological polar surface area (TPSA) is 96.2 Å². The third-order valence-electron chi connectivity index (χ3n) is 4.75.